The van der Waals surface area contributed by atoms with E-state index in [0.29, 0.717) is 18.7 Å². The van der Waals surface area contributed by atoms with E-state index in [1.807, 2.05) is 60.8 Å². The van der Waals surface area contributed by atoms with Gasteiger partial charge in [-0.15, -0.1) is 0 Å². The van der Waals surface area contributed by atoms with Gasteiger partial charge in [-0.2, -0.15) is 0 Å². The Morgan fingerprint density at radius 3 is 2.47 bits per heavy atom. The Kier molecular flexibility index (Phi) is 6.55. The maximum Gasteiger partial charge on any atom is 0.293 e. The molecule has 0 unspecified atom stereocenters. The summed E-state index contributed by atoms with van der Waals surface area (Å²) in [7, 11) is 0. The summed E-state index contributed by atoms with van der Waals surface area (Å²) < 4.78 is 7.89. The summed E-state index contributed by atoms with van der Waals surface area (Å²) in [5.74, 6) is 0.328. The van der Waals surface area contributed by atoms with Crippen molar-refractivity contribution >= 4 is 45.6 Å². The molecule has 1 fully saturated rings. The van der Waals surface area contributed by atoms with Gasteiger partial charge in [-0.25, -0.2) is 0 Å². The molecule has 8 nitrogen and oxygen atoms in total. The standard InChI is InChI=1S/C27H21N3O5S/c31-26-25(36-27(32)29(26)18-19-8-4-6-12-23(19)30(33)34)16-20-17-28(24-13-7-5-11-22(20)24)14-15-35-21-9-2-1-3-10-21/h1-13,16-17H,14-15,18H2/b25-16-. The first kappa shape index (κ1) is 23.4. The van der Waals surface area contributed by atoms with Gasteiger partial charge in [0.2, 0.25) is 0 Å². The van der Waals surface area contributed by atoms with E-state index < -0.39 is 16.1 Å². The highest BCUT2D eigenvalue weighted by molar-refractivity contribution is 8.18. The number of rotatable bonds is 8. The van der Waals surface area contributed by atoms with Crippen molar-refractivity contribution in [3.8, 4) is 5.75 Å². The molecular formula is C27H21N3O5S. The molecule has 1 aliphatic heterocycles. The van der Waals surface area contributed by atoms with E-state index >= 15 is 0 Å². The highest BCUT2D eigenvalue weighted by atomic mass is 32.2. The number of thioether (sulfide) groups is 1. The van der Waals surface area contributed by atoms with Crippen LogP contribution in [0.5, 0.6) is 5.75 Å². The van der Waals surface area contributed by atoms with E-state index in [-0.39, 0.29) is 17.1 Å². The first-order chi connectivity index (χ1) is 17.5. The molecule has 3 aromatic carbocycles. The van der Waals surface area contributed by atoms with Crippen molar-refractivity contribution in [3.63, 3.8) is 0 Å². The number of amides is 2. The number of imide groups is 1. The van der Waals surface area contributed by atoms with Gasteiger partial charge in [-0.1, -0.05) is 54.6 Å². The molecule has 1 aliphatic rings. The third-order valence-electron chi connectivity index (χ3n) is 5.84. The largest absolute Gasteiger partial charge is 0.492 e. The molecule has 0 saturated carbocycles. The Morgan fingerprint density at radius 1 is 0.944 bits per heavy atom. The Morgan fingerprint density at radius 2 is 1.67 bits per heavy atom. The van der Waals surface area contributed by atoms with Crippen LogP contribution in [-0.2, 0) is 17.9 Å². The van der Waals surface area contributed by atoms with E-state index in [1.165, 1.54) is 6.07 Å². The fourth-order valence-electron chi connectivity index (χ4n) is 4.12. The molecule has 180 valence electrons. The number of hydrogen-bond acceptors (Lipinski definition) is 6. The number of hydrogen-bond donors (Lipinski definition) is 0. The Balaban J connectivity index is 1.38. The van der Waals surface area contributed by atoms with Crippen LogP contribution < -0.4 is 4.74 Å². The smallest absolute Gasteiger partial charge is 0.293 e. The lowest BCUT2D eigenvalue weighted by atomic mass is 10.1. The van der Waals surface area contributed by atoms with E-state index in [0.717, 1.165) is 38.9 Å². The number of carbonyl (C=O) groups is 2. The summed E-state index contributed by atoms with van der Waals surface area (Å²) in [4.78, 5) is 37.9. The zero-order chi connectivity index (χ0) is 25.1. The molecule has 1 saturated heterocycles. The molecule has 36 heavy (non-hydrogen) atoms. The average molecular weight is 500 g/mol. The molecule has 4 aromatic rings. The second-order valence-electron chi connectivity index (χ2n) is 8.11. The minimum atomic E-state index is -0.513. The molecule has 5 rings (SSSR count). The topological polar surface area (TPSA) is 94.7 Å². The van der Waals surface area contributed by atoms with Gasteiger partial charge in [0.05, 0.1) is 22.9 Å². The average Bonchev–Trinajstić information content (AvgIpc) is 3.37. The highest BCUT2D eigenvalue weighted by Crippen LogP contribution is 2.36. The van der Waals surface area contributed by atoms with Crippen molar-refractivity contribution in [2.24, 2.45) is 0 Å². The third kappa shape index (κ3) is 4.73. The van der Waals surface area contributed by atoms with Crippen LogP contribution in [0.2, 0.25) is 0 Å². The van der Waals surface area contributed by atoms with E-state index in [1.54, 1.807) is 24.3 Å². The van der Waals surface area contributed by atoms with Gasteiger partial charge in [0.25, 0.3) is 16.8 Å². The molecule has 0 bridgehead atoms. The van der Waals surface area contributed by atoms with E-state index in [2.05, 4.69) is 4.57 Å². The first-order valence-electron chi connectivity index (χ1n) is 11.2. The van der Waals surface area contributed by atoms with Crippen LogP contribution >= 0.6 is 11.8 Å². The molecule has 2 heterocycles. The molecule has 0 atom stereocenters. The molecule has 0 aliphatic carbocycles. The van der Waals surface area contributed by atoms with Crippen molar-refractivity contribution in [1.82, 2.24) is 9.47 Å². The summed E-state index contributed by atoms with van der Waals surface area (Å²) in [6, 6.07) is 23.5. The molecule has 0 N–H and O–H groups in total. The molecule has 2 amide bonds. The number of benzene rings is 3. The Hall–Kier alpha value is -4.37. The minimum Gasteiger partial charge on any atom is -0.492 e. The normalized spacial score (nSPS) is 14.7. The van der Waals surface area contributed by atoms with Crippen molar-refractivity contribution < 1.29 is 19.2 Å². The predicted molar refractivity (Wildman–Crippen MR) is 138 cm³/mol. The Bertz CT molecular complexity index is 1500. The molecular weight excluding hydrogens is 478 g/mol. The maximum absolute atomic E-state index is 13.1. The summed E-state index contributed by atoms with van der Waals surface area (Å²) in [6.07, 6.45) is 3.65. The highest BCUT2D eigenvalue weighted by Gasteiger charge is 2.36. The van der Waals surface area contributed by atoms with E-state index in [9.17, 15) is 19.7 Å². The number of aromatic nitrogens is 1. The minimum absolute atomic E-state index is 0.124. The van der Waals surface area contributed by atoms with Crippen LogP contribution in [0.25, 0.3) is 17.0 Å². The molecule has 9 heteroatoms. The van der Waals surface area contributed by atoms with Crippen LogP contribution in [0.15, 0.2) is 90.0 Å². The SMILES string of the molecule is O=C1S/C(=C\c2cn(CCOc3ccccc3)c3ccccc23)C(=O)N1Cc1ccccc1[N+](=O)[O-]. The zero-order valence-corrected chi connectivity index (χ0v) is 19.9. The second-order valence-corrected chi connectivity index (χ2v) is 9.10. The van der Waals surface area contributed by atoms with Gasteiger partial charge in [-0.05, 0) is 36.0 Å². The van der Waals surface area contributed by atoms with Gasteiger partial charge in [0.15, 0.2) is 0 Å². The lowest BCUT2D eigenvalue weighted by molar-refractivity contribution is -0.385. The Labute approximate surface area is 210 Å². The van der Waals surface area contributed by atoms with Gasteiger partial charge >= 0.3 is 0 Å². The van der Waals surface area contributed by atoms with Crippen molar-refractivity contribution in [3.05, 3.63) is 111 Å². The fourth-order valence-corrected chi connectivity index (χ4v) is 4.95. The van der Waals surface area contributed by atoms with E-state index in [4.69, 9.17) is 4.74 Å². The van der Waals surface area contributed by atoms with Crippen molar-refractivity contribution in [2.75, 3.05) is 6.61 Å². The number of fused-ring (bicyclic) bond motifs is 1. The van der Waals surface area contributed by atoms with Crippen molar-refractivity contribution in [1.29, 1.82) is 0 Å². The molecule has 1 aromatic heterocycles. The van der Waals surface area contributed by atoms with Crippen molar-refractivity contribution in [2.45, 2.75) is 13.1 Å². The third-order valence-corrected chi connectivity index (χ3v) is 6.75. The molecule has 0 spiro atoms. The van der Waals surface area contributed by atoms with Gasteiger partial charge < -0.3 is 9.30 Å². The summed E-state index contributed by atoms with van der Waals surface area (Å²) in [5.41, 5.74) is 1.98. The van der Waals surface area contributed by atoms with Crippen LogP contribution in [0.3, 0.4) is 0 Å². The van der Waals surface area contributed by atoms with Gasteiger partial charge in [0, 0.05) is 34.3 Å². The second kappa shape index (κ2) is 10.1. The maximum atomic E-state index is 13.1. The van der Waals surface area contributed by atoms with Gasteiger partial charge in [0.1, 0.15) is 12.4 Å². The quantitative estimate of drug-likeness (QED) is 0.171. The van der Waals surface area contributed by atoms with Crippen LogP contribution in [0.4, 0.5) is 10.5 Å². The summed E-state index contributed by atoms with van der Waals surface area (Å²) in [5, 5.41) is 11.8. The number of ether oxygens (including phenoxy) is 1. The molecule has 0 radical (unpaired) electrons. The number of nitrogens with zero attached hydrogens (tertiary/aromatic N) is 3. The van der Waals surface area contributed by atoms with Gasteiger partial charge in [-0.3, -0.25) is 24.6 Å². The van der Waals surface area contributed by atoms with Crippen LogP contribution in [-0.4, -0.2) is 32.1 Å². The lowest BCUT2D eigenvalue weighted by Gasteiger charge is -2.12. The van der Waals surface area contributed by atoms with Crippen LogP contribution in [0.1, 0.15) is 11.1 Å². The lowest BCUT2D eigenvalue weighted by Crippen LogP contribution is -2.27. The first-order valence-corrected chi connectivity index (χ1v) is 12.1. The number of carbonyl (C=O) groups excluding carboxylic acids is 2. The summed E-state index contributed by atoms with van der Waals surface area (Å²) in [6.45, 7) is 0.911. The zero-order valence-electron chi connectivity index (χ0n) is 19.1. The number of para-hydroxylation sites is 3. The summed E-state index contributed by atoms with van der Waals surface area (Å²) >= 11 is 0.838. The number of nitro groups is 1. The van der Waals surface area contributed by atoms with Crippen LogP contribution in [0, 0.1) is 10.1 Å². The predicted octanol–water partition coefficient (Wildman–Crippen LogP) is 5.87. The fraction of sp³-hybridized carbons (Fsp3) is 0.111. The monoisotopic (exact) mass is 499 g/mol. The number of nitro benzene ring substituents is 1.